The van der Waals surface area contributed by atoms with Crippen molar-refractivity contribution in [3.05, 3.63) is 0 Å². The van der Waals surface area contributed by atoms with Crippen LogP contribution in [-0.4, -0.2) is 71.0 Å². The highest BCUT2D eigenvalue weighted by atomic mass is 16.2. The van der Waals surface area contributed by atoms with Crippen molar-refractivity contribution >= 4 is 5.91 Å². The maximum Gasteiger partial charge on any atom is 0.240 e. The summed E-state index contributed by atoms with van der Waals surface area (Å²) in [5, 5.41) is 9.45. The monoisotopic (exact) mass is 304 g/mol. The van der Waals surface area contributed by atoms with E-state index in [0.29, 0.717) is 18.6 Å². The third kappa shape index (κ3) is 3.13. The molecule has 0 radical (unpaired) electrons. The summed E-state index contributed by atoms with van der Waals surface area (Å²) in [4.78, 5) is 19.6. The highest BCUT2D eigenvalue weighted by molar-refractivity contribution is 5.82. The first-order valence-corrected chi connectivity index (χ1v) is 8.81. The van der Waals surface area contributed by atoms with Gasteiger partial charge in [-0.05, 0) is 46.1 Å². The van der Waals surface area contributed by atoms with Crippen LogP contribution < -0.4 is 0 Å². The lowest BCUT2D eigenvalue weighted by molar-refractivity contribution is -0.141. The van der Waals surface area contributed by atoms with Crippen LogP contribution in [0, 0.1) is 11.3 Å². The molecule has 0 aromatic carbocycles. The summed E-state index contributed by atoms with van der Waals surface area (Å²) in [7, 11) is 0. The molecule has 3 aliphatic rings. The average Bonchev–Trinajstić information content (AvgIpc) is 3.38. The molecule has 0 spiro atoms. The van der Waals surface area contributed by atoms with Gasteiger partial charge in [-0.3, -0.25) is 14.6 Å². The first-order chi connectivity index (χ1) is 10.6. The Labute approximate surface area is 133 Å². The molecule has 2 aliphatic heterocycles. The second kappa shape index (κ2) is 6.55. The molecule has 0 bridgehead atoms. The van der Waals surface area contributed by atoms with Crippen molar-refractivity contribution in [1.82, 2.24) is 14.7 Å². The summed E-state index contributed by atoms with van der Waals surface area (Å²) in [6.45, 7) is 7.62. The topological polar surface area (TPSA) is 50.6 Å². The maximum atomic E-state index is 13.0. The minimum atomic E-state index is -0.110. The molecule has 0 unspecified atom stereocenters. The first kappa shape index (κ1) is 15.8. The van der Waals surface area contributed by atoms with E-state index in [1.54, 1.807) is 0 Å². The molecule has 22 heavy (non-hydrogen) atoms. The Hall–Kier alpha value is -1.12. The minimum absolute atomic E-state index is 0.0283. The van der Waals surface area contributed by atoms with E-state index in [4.69, 9.17) is 0 Å². The van der Waals surface area contributed by atoms with E-state index in [2.05, 4.69) is 29.7 Å². The molecule has 2 saturated heterocycles. The molecular formula is C17H28N4O. The first-order valence-electron chi connectivity index (χ1n) is 8.81. The van der Waals surface area contributed by atoms with E-state index in [-0.39, 0.29) is 18.0 Å². The number of hydrogen-bond acceptors (Lipinski definition) is 4. The Bertz CT molecular complexity index is 454. The molecule has 122 valence electrons. The largest absolute Gasteiger partial charge is 0.337 e. The highest BCUT2D eigenvalue weighted by Crippen LogP contribution is 2.30. The van der Waals surface area contributed by atoms with Gasteiger partial charge < -0.3 is 4.90 Å². The molecular weight excluding hydrogens is 276 g/mol. The van der Waals surface area contributed by atoms with Gasteiger partial charge in [-0.1, -0.05) is 6.42 Å². The molecule has 1 amide bonds. The van der Waals surface area contributed by atoms with Gasteiger partial charge in [-0.15, -0.1) is 0 Å². The standard InChI is InChI=1S/C17H28N4O/c1-13(2)20-8-4-3-5-16(20)17(22)19-9-10-21(14-6-7-14)15(11-18)12-19/h13-16H,3-10,12H2,1-2H3/t15-,16-/m1/s1. The van der Waals surface area contributed by atoms with Crippen molar-refractivity contribution in [1.29, 1.82) is 5.26 Å². The van der Waals surface area contributed by atoms with Gasteiger partial charge in [0.1, 0.15) is 6.04 Å². The Morgan fingerprint density at radius 3 is 2.55 bits per heavy atom. The SMILES string of the molecule is CC(C)N1CCCC[C@@H]1C(=O)N1CCN(C2CC2)[C@H](C#N)C1. The van der Waals surface area contributed by atoms with Gasteiger partial charge in [0.05, 0.1) is 12.1 Å². The number of nitrogens with zero attached hydrogens (tertiary/aromatic N) is 4. The van der Waals surface area contributed by atoms with Gasteiger partial charge in [0.15, 0.2) is 0 Å². The minimum Gasteiger partial charge on any atom is -0.337 e. The molecule has 2 atom stereocenters. The number of nitriles is 1. The lowest BCUT2D eigenvalue weighted by Crippen LogP contribution is -2.60. The van der Waals surface area contributed by atoms with Crippen molar-refractivity contribution in [2.45, 2.75) is 70.1 Å². The quantitative estimate of drug-likeness (QED) is 0.792. The summed E-state index contributed by atoms with van der Waals surface area (Å²) in [5.41, 5.74) is 0. The number of hydrogen-bond donors (Lipinski definition) is 0. The summed E-state index contributed by atoms with van der Waals surface area (Å²) >= 11 is 0. The number of piperidine rings is 1. The summed E-state index contributed by atoms with van der Waals surface area (Å²) in [6.07, 6.45) is 5.74. The fraction of sp³-hybridized carbons (Fsp3) is 0.882. The van der Waals surface area contributed by atoms with Crippen molar-refractivity contribution < 1.29 is 4.79 Å². The van der Waals surface area contributed by atoms with Crippen LogP contribution in [0.1, 0.15) is 46.0 Å². The van der Waals surface area contributed by atoms with Crippen molar-refractivity contribution in [3.63, 3.8) is 0 Å². The highest BCUT2D eigenvalue weighted by Gasteiger charge is 2.41. The number of piperazine rings is 1. The van der Waals surface area contributed by atoms with Crippen LogP contribution in [0.25, 0.3) is 0 Å². The van der Waals surface area contributed by atoms with Gasteiger partial charge in [-0.25, -0.2) is 0 Å². The zero-order chi connectivity index (χ0) is 15.7. The molecule has 5 heteroatoms. The molecule has 1 aliphatic carbocycles. The van der Waals surface area contributed by atoms with Crippen molar-refractivity contribution in [3.8, 4) is 6.07 Å². The number of carbonyl (C=O) groups is 1. The smallest absolute Gasteiger partial charge is 0.240 e. The molecule has 0 aromatic heterocycles. The van der Waals surface area contributed by atoms with Crippen LogP contribution >= 0.6 is 0 Å². The van der Waals surface area contributed by atoms with E-state index in [1.807, 2.05) is 4.90 Å². The number of amides is 1. The lowest BCUT2D eigenvalue weighted by atomic mass is 9.98. The van der Waals surface area contributed by atoms with Crippen LogP contribution in [0.3, 0.4) is 0 Å². The van der Waals surface area contributed by atoms with Crippen LogP contribution in [0.4, 0.5) is 0 Å². The maximum absolute atomic E-state index is 13.0. The Morgan fingerprint density at radius 1 is 1.14 bits per heavy atom. The Morgan fingerprint density at radius 2 is 1.91 bits per heavy atom. The summed E-state index contributed by atoms with van der Waals surface area (Å²) in [5.74, 6) is 0.254. The molecule has 5 nitrogen and oxygen atoms in total. The zero-order valence-electron chi connectivity index (χ0n) is 13.9. The zero-order valence-corrected chi connectivity index (χ0v) is 13.9. The molecule has 0 aromatic rings. The van der Waals surface area contributed by atoms with Crippen LogP contribution in [-0.2, 0) is 4.79 Å². The molecule has 3 rings (SSSR count). The molecule has 1 saturated carbocycles. The van der Waals surface area contributed by atoms with E-state index in [0.717, 1.165) is 32.5 Å². The van der Waals surface area contributed by atoms with Gasteiger partial charge in [-0.2, -0.15) is 5.26 Å². The second-order valence-electron chi connectivity index (χ2n) is 7.24. The average molecular weight is 304 g/mol. The fourth-order valence-corrected chi connectivity index (χ4v) is 4.00. The van der Waals surface area contributed by atoms with Gasteiger partial charge in [0.2, 0.25) is 5.91 Å². The Balaban J connectivity index is 1.65. The number of carbonyl (C=O) groups excluding carboxylic acids is 1. The fourth-order valence-electron chi connectivity index (χ4n) is 4.00. The van der Waals surface area contributed by atoms with Crippen LogP contribution in [0.5, 0.6) is 0 Å². The normalized spacial score (nSPS) is 31.3. The Kier molecular flexibility index (Phi) is 4.70. The van der Waals surface area contributed by atoms with E-state index < -0.39 is 0 Å². The molecule has 0 N–H and O–H groups in total. The van der Waals surface area contributed by atoms with Gasteiger partial charge >= 0.3 is 0 Å². The van der Waals surface area contributed by atoms with E-state index in [9.17, 15) is 10.1 Å². The lowest BCUT2D eigenvalue weighted by Gasteiger charge is -2.43. The van der Waals surface area contributed by atoms with Crippen molar-refractivity contribution in [2.75, 3.05) is 26.2 Å². The van der Waals surface area contributed by atoms with Crippen LogP contribution in [0.2, 0.25) is 0 Å². The summed E-state index contributed by atoms with van der Waals surface area (Å²) < 4.78 is 0. The molecule has 3 fully saturated rings. The second-order valence-corrected chi connectivity index (χ2v) is 7.24. The number of likely N-dealkylation sites (tertiary alicyclic amines) is 1. The van der Waals surface area contributed by atoms with E-state index in [1.165, 1.54) is 19.3 Å². The predicted octanol–water partition coefficient (Wildman–Crippen LogP) is 1.45. The van der Waals surface area contributed by atoms with Gasteiger partial charge in [0.25, 0.3) is 0 Å². The third-order valence-electron chi connectivity index (χ3n) is 5.39. The predicted molar refractivity (Wildman–Crippen MR) is 85.2 cm³/mol. The molecule has 2 heterocycles. The van der Waals surface area contributed by atoms with Crippen LogP contribution in [0.15, 0.2) is 0 Å². The third-order valence-corrected chi connectivity index (χ3v) is 5.39. The van der Waals surface area contributed by atoms with Crippen molar-refractivity contribution in [2.24, 2.45) is 0 Å². The van der Waals surface area contributed by atoms with E-state index >= 15 is 0 Å². The van der Waals surface area contributed by atoms with Gasteiger partial charge in [0, 0.05) is 31.7 Å². The number of rotatable bonds is 3. The summed E-state index contributed by atoms with van der Waals surface area (Å²) in [6, 6.07) is 3.35.